The minimum Gasteiger partial charge on any atom is -0.109 e. The standard InChI is InChI=1S/C21H34O3.C21H32O2.Cl5P.H9P7.H8P6/c1-7-19(4)12-16(22)20(5)13(2)8-10-21(14(3)18(19)23)11-9-15(24-6)17(20)21;1-7-20(5)12-16-13(2)8-10-21(15(4)19(20)22)11-9-17(23-6)18(21)14(16)3;1-6(2,3,4)5;1-5-7(4)6(2)3;1-5(2)6(3)4/h7,13-17,22H,1,8-12H2,2-6H3;7,13,15-18H,1,3,8-12H2,2,4-6H3;;5H,1-4H2;1-4H2/t13-,14+,15-,16-,17?,19-,20+,21+;13-,15+,16-,17-,18?,20-,21+;;;/m11.../s1. The summed E-state index contributed by atoms with van der Waals surface area (Å²) in [5.74, 6) is 2.70. The van der Waals surface area contributed by atoms with Gasteiger partial charge in [0.05, 0.1) is 18.3 Å². The van der Waals surface area contributed by atoms with Crippen molar-refractivity contribution in [2.24, 2.45) is 68.5 Å². The number of ether oxygens (including phenoxy) is 2. The molecule has 0 aromatic carbocycles. The summed E-state index contributed by atoms with van der Waals surface area (Å²) in [5.41, 5.74) is 0.0866. The summed E-state index contributed by atoms with van der Waals surface area (Å²) in [6, 6.07) is 0. The topological polar surface area (TPSA) is 72.8 Å². The molecule has 6 saturated carbocycles. The average Bonchev–Trinajstić information content (AvgIpc) is 3.81. The third-order valence-corrected chi connectivity index (χ3v) is 68.8. The molecule has 25 atom stereocenters. The molecule has 6 fully saturated rings. The first-order valence-corrected chi connectivity index (χ1v) is 50.8. The molecular formula is C42H83Cl5O5P14. The van der Waals surface area contributed by atoms with Gasteiger partial charge in [-0.25, -0.2) is 0 Å². The number of aliphatic hydroxyl groups is 1. The molecule has 0 aliphatic heterocycles. The fourth-order valence-corrected chi connectivity index (χ4v) is 28.9. The molecule has 386 valence electrons. The number of fused-ring (bicyclic) bond motifs is 1. The summed E-state index contributed by atoms with van der Waals surface area (Å²) in [6.07, 6.45) is 13.6. The maximum atomic E-state index is 13.4. The Morgan fingerprint density at radius 3 is 1.53 bits per heavy atom. The van der Waals surface area contributed by atoms with E-state index in [2.05, 4.69) is 133 Å². The maximum Gasteiger partial charge on any atom is -0.0287 e. The number of carbonyl (C=O) groups is 2. The van der Waals surface area contributed by atoms with Crippen molar-refractivity contribution in [1.29, 1.82) is 0 Å². The first kappa shape index (κ1) is 68.0. The number of methoxy groups -OCH3 is 2. The molecule has 0 spiro atoms. The maximum absolute atomic E-state index is 13.4. The van der Waals surface area contributed by atoms with E-state index in [0.717, 1.165) is 59.3 Å². The Balaban J connectivity index is 0.000000328. The van der Waals surface area contributed by atoms with Crippen molar-refractivity contribution in [2.45, 2.75) is 131 Å². The van der Waals surface area contributed by atoms with Crippen LogP contribution in [0.3, 0.4) is 0 Å². The van der Waals surface area contributed by atoms with Crippen LogP contribution in [0.25, 0.3) is 0 Å². The Kier molecular flexibility index (Phi) is 28.5. The van der Waals surface area contributed by atoms with Gasteiger partial charge in [0.15, 0.2) is 0 Å². The largest absolute Gasteiger partial charge is 0.109 e. The monoisotopic (exact) mass is 1280 g/mol. The first-order chi connectivity index (χ1) is 30.0. The van der Waals surface area contributed by atoms with E-state index in [-0.39, 0.29) is 79.9 Å². The van der Waals surface area contributed by atoms with Gasteiger partial charge in [-0.1, -0.05) is 66.9 Å². The molecule has 0 aromatic rings. The molecule has 0 heterocycles. The second kappa shape index (κ2) is 27.7. The summed E-state index contributed by atoms with van der Waals surface area (Å²) in [4.78, 5) is 26.8. The van der Waals surface area contributed by atoms with Crippen LogP contribution in [0.1, 0.15) is 113 Å². The molecule has 24 heteroatoms. The van der Waals surface area contributed by atoms with E-state index in [4.69, 9.17) is 65.7 Å². The van der Waals surface area contributed by atoms with E-state index in [0.29, 0.717) is 35.9 Å². The Morgan fingerprint density at radius 1 is 0.712 bits per heavy atom. The summed E-state index contributed by atoms with van der Waals surface area (Å²) < 4.78 is 8.06. The van der Waals surface area contributed by atoms with Crippen LogP contribution < -0.4 is 0 Å². The van der Waals surface area contributed by atoms with Crippen LogP contribution in [0.2, 0.25) is 0 Å². The van der Waals surface area contributed by atoms with Gasteiger partial charge in [-0.05, 0) is 141 Å². The molecule has 6 aliphatic rings. The number of ketones is 2. The number of carbonyl (C=O) groups excluding carboxylic acids is 2. The molecule has 0 radical (unpaired) electrons. The van der Waals surface area contributed by atoms with Gasteiger partial charge in [-0.3, -0.25) is 9.59 Å². The average molecular weight is 1280 g/mol. The van der Waals surface area contributed by atoms with E-state index >= 15 is 0 Å². The van der Waals surface area contributed by atoms with Gasteiger partial charge in [0.25, 0.3) is 0 Å². The Hall–Kier alpha value is 5.91. The molecule has 6 aliphatic carbocycles. The molecule has 12 unspecified atom stereocenters. The third kappa shape index (κ3) is 16.5. The van der Waals surface area contributed by atoms with Crippen LogP contribution in [0.15, 0.2) is 37.5 Å². The van der Waals surface area contributed by atoms with Crippen molar-refractivity contribution in [3.8, 4) is 0 Å². The van der Waals surface area contributed by atoms with Gasteiger partial charge in [-0.2, -0.15) is 0 Å². The number of hydrogen-bond acceptors (Lipinski definition) is 5. The van der Waals surface area contributed by atoms with E-state index < -0.39 is 20.3 Å². The smallest absolute Gasteiger partial charge is 0.0287 e. The minimum atomic E-state index is -3.69. The normalized spacial score (nSPS) is 41.9. The summed E-state index contributed by atoms with van der Waals surface area (Å²) >= 11 is 24.9. The van der Waals surface area contributed by atoms with Crippen molar-refractivity contribution in [3.63, 3.8) is 0 Å². The number of rotatable bonds is 7. The van der Waals surface area contributed by atoms with Gasteiger partial charge in [0.1, 0.15) is 11.6 Å². The number of hydrogen-bond donors (Lipinski definition) is 1. The summed E-state index contributed by atoms with van der Waals surface area (Å²) in [5, 5.41) is 11.3. The predicted molar refractivity (Wildman–Crippen MR) is 339 cm³/mol. The van der Waals surface area contributed by atoms with Crippen molar-refractivity contribution >= 4 is 178 Å². The molecule has 0 aromatic heterocycles. The Morgan fingerprint density at radius 2 is 1.12 bits per heavy atom. The summed E-state index contributed by atoms with van der Waals surface area (Å²) in [7, 11) is 27.2. The quantitative estimate of drug-likeness (QED) is 0.203. The molecule has 4 bridgehead atoms. The third-order valence-electron chi connectivity index (χ3n) is 16.9. The minimum absolute atomic E-state index is 0.00928. The van der Waals surface area contributed by atoms with Crippen LogP contribution in [0.5, 0.6) is 0 Å². The van der Waals surface area contributed by atoms with Crippen molar-refractivity contribution < 1.29 is 24.2 Å². The van der Waals surface area contributed by atoms with Crippen molar-refractivity contribution in [1.82, 2.24) is 0 Å². The van der Waals surface area contributed by atoms with Gasteiger partial charge < -0.3 is 14.6 Å². The molecule has 1 N–H and O–H groups in total. The van der Waals surface area contributed by atoms with Gasteiger partial charge in [0.2, 0.25) is 0 Å². The van der Waals surface area contributed by atoms with Crippen LogP contribution in [-0.2, 0) is 19.1 Å². The van der Waals surface area contributed by atoms with E-state index in [1.165, 1.54) is 12.0 Å². The van der Waals surface area contributed by atoms with E-state index in [1.807, 2.05) is 20.1 Å². The first-order valence-electron chi connectivity index (χ1n) is 22.3. The van der Waals surface area contributed by atoms with Gasteiger partial charge in [0, 0.05) is 48.2 Å². The zero-order valence-electron chi connectivity index (χ0n) is 40.4. The molecule has 6 rings (SSSR count). The zero-order chi connectivity index (χ0) is 51.4. The molecule has 5 nitrogen and oxygen atoms in total. The fraction of sp³-hybridized carbons (Fsp3) is 0.810. The van der Waals surface area contributed by atoms with Crippen LogP contribution >= 0.6 is 167 Å². The van der Waals surface area contributed by atoms with Crippen LogP contribution in [-0.4, -0.2) is 49.2 Å². The molecular weight excluding hydrogens is 1200 g/mol. The van der Waals surface area contributed by atoms with Gasteiger partial charge in [-0.15, -0.1) is 84.6 Å². The van der Waals surface area contributed by atoms with Crippen LogP contribution in [0, 0.1) is 68.5 Å². The predicted octanol–water partition coefficient (Wildman–Crippen LogP) is 19.8. The second-order valence-electron chi connectivity index (χ2n) is 20.1. The summed E-state index contributed by atoms with van der Waals surface area (Å²) in [6.45, 7) is 28.5. The molecule has 66 heavy (non-hydrogen) atoms. The second-order valence-corrected chi connectivity index (χ2v) is 78.7. The SMILES string of the molecule is C=C[C@]1(C)C[C@@H](O)[C@@]2(C)C3[C@H](OC)CC[C@@]3(CC[C@H]2C)[C@@H](C)C1=O.C=C[C@]1(C)C[C@H]2C(=C)C3[C@H](OC)CC[C@@]3(CC[C@H]2C)[C@@H](C)C1=O.ClP(Cl)(Cl)(Cl)Cl.PP(P)P(P)P.PPP(P)P(P)P. The van der Waals surface area contributed by atoms with E-state index in [1.54, 1.807) is 13.2 Å². The Labute approximate surface area is 450 Å². The van der Waals surface area contributed by atoms with Crippen molar-refractivity contribution in [3.05, 3.63) is 37.5 Å². The number of allylic oxidation sites excluding steroid dienone is 2. The zero-order valence-corrected chi connectivity index (χ0v) is 58.9. The number of halogens is 5. The fourth-order valence-electron chi connectivity index (χ4n) is 12.8. The number of Topliss-reactive ketones (excluding diaryl/α,β-unsaturated/α-hetero) is 2. The Bertz CT molecular complexity index is 1680. The van der Waals surface area contributed by atoms with Crippen LogP contribution in [0.4, 0.5) is 0 Å². The van der Waals surface area contributed by atoms with Gasteiger partial charge >= 0.3 is 59.6 Å². The number of aliphatic hydroxyl groups excluding tert-OH is 1. The molecule has 0 saturated heterocycles. The van der Waals surface area contributed by atoms with E-state index in [9.17, 15) is 14.7 Å². The molecule has 0 amide bonds. The van der Waals surface area contributed by atoms with Crippen molar-refractivity contribution in [2.75, 3.05) is 14.2 Å².